The largest absolute Gasteiger partial charge is 0.398 e. The highest BCUT2D eigenvalue weighted by Gasteiger charge is 2.11. The third-order valence-electron chi connectivity index (χ3n) is 3.72. The van der Waals surface area contributed by atoms with Gasteiger partial charge >= 0.3 is 0 Å². The van der Waals surface area contributed by atoms with Crippen LogP contribution in [-0.4, -0.2) is 0 Å². The zero-order chi connectivity index (χ0) is 14.4. The lowest BCUT2D eigenvalue weighted by atomic mass is 9.93. The van der Waals surface area contributed by atoms with Crippen LogP contribution in [0.15, 0.2) is 42.5 Å². The maximum Gasteiger partial charge on any atom is 0.0398 e. The summed E-state index contributed by atoms with van der Waals surface area (Å²) in [6.45, 7) is 2.23. The standard InChI is InChI=1S/C18H24N2/c1-2-3-4-8-11-15-16(19)12-13-17(20)18(15)14-9-6-5-7-10-14/h5-7,9-10,12-13H,2-4,8,11,19-20H2,1H3. The van der Waals surface area contributed by atoms with Crippen molar-refractivity contribution in [2.24, 2.45) is 0 Å². The van der Waals surface area contributed by atoms with Gasteiger partial charge in [-0.3, -0.25) is 0 Å². The highest BCUT2D eigenvalue weighted by Crippen LogP contribution is 2.34. The van der Waals surface area contributed by atoms with Crippen LogP contribution in [0.2, 0.25) is 0 Å². The van der Waals surface area contributed by atoms with Crippen molar-refractivity contribution in [3.8, 4) is 11.1 Å². The van der Waals surface area contributed by atoms with Crippen LogP contribution >= 0.6 is 0 Å². The smallest absolute Gasteiger partial charge is 0.0398 e. The van der Waals surface area contributed by atoms with Crippen LogP contribution in [0.3, 0.4) is 0 Å². The molecule has 0 bridgehead atoms. The normalized spacial score (nSPS) is 10.7. The number of benzene rings is 2. The molecule has 2 aromatic rings. The second-order valence-electron chi connectivity index (χ2n) is 5.27. The van der Waals surface area contributed by atoms with Crippen molar-refractivity contribution in [3.05, 3.63) is 48.0 Å². The van der Waals surface area contributed by atoms with Crippen LogP contribution in [0.25, 0.3) is 11.1 Å². The van der Waals surface area contributed by atoms with E-state index in [1.54, 1.807) is 0 Å². The van der Waals surface area contributed by atoms with Gasteiger partial charge in [-0.15, -0.1) is 0 Å². The van der Waals surface area contributed by atoms with Crippen molar-refractivity contribution in [2.75, 3.05) is 11.5 Å². The molecule has 0 aliphatic heterocycles. The summed E-state index contributed by atoms with van der Waals surface area (Å²) in [5.41, 5.74) is 17.5. The number of nitrogen functional groups attached to an aromatic ring is 2. The van der Waals surface area contributed by atoms with Gasteiger partial charge in [-0.1, -0.05) is 56.5 Å². The van der Waals surface area contributed by atoms with E-state index in [1.165, 1.54) is 31.2 Å². The van der Waals surface area contributed by atoms with Crippen LogP contribution in [0.4, 0.5) is 11.4 Å². The van der Waals surface area contributed by atoms with E-state index >= 15 is 0 Å². The van der Waals surface area contributed by atoms with Crippen LogP contribution in [-0.2, 0) is 6.42 Å². The predicted octanol–water partition coefficient (Wildman–Crippen LogP) is 4.64. The SMILES string of the molecule is CCCCCCc1c(N)ccc(N)c1-c1ccccc1. The minimum absolute atomic E-state index is 0.816. The lowest BCUT2D eigenvalue weighted by molar-refractivity contribution is 0.668. The van der Waals surface area contributed by atoms with E-state index in [4.69, 9.17) is 11.5 Å². The van der Waals surface area contributed by atoms with Crippen molar-refractivity contribution in [1.82, 2.24) is 0 Å². The molecule has 0 atom stereocenters. The topological polar surface area (TPSA) is 52.0 Å². The average molecular weight is 268 g/mol. The Balaban J connectivity index is 2.32. The fraction of sp³-hybridized carbons (Fsp3) is 0.333. The van der Waals surface area contributed by atoms with Crippen LogP contribution in [0, 0.1) is 0 Å². The molecule has 0 fully saturated rings. The molecule has 0 aromatic heterocycles. The summed E-state index contributed by atoms with van der Waals surface area (Å²) in [4.78, 5) is 0. The van der Waals surface area contributed by atoms with Gasteiger partial charge in [-0.25, -0.2) is 0 Å². The zero-order valence-electron chi connectivity index (χ0n) is 12.2. The second-order valence-corrected chi connectivity index (χ2v) is 5.27. The van der Waals surface area contributed by atoms with Crippen LogP contribution < -0.4 is 11.5 Å². The third kappa shape index (κ3) is 3.32. The molecule has 0 heterocycles. The van der Waals surface area contributed by atoms with Gasteiger partial charge in [-0.05, 0) is 36.1 Å². The summed E-state index contributed by atoms with van der Waals surface area (Å²) in [6.07, 6.45) is 5.95. The van der Waals surface area contributed by atoms with Gasteiger partial charge in [0.05, 0.1) is 0 Å². The quantitative estimate of drug-likeness (QED) is 0.592. The van der Waals surface area contributed by atoms with Crippen molar-refractivity contribution >= 4 is 11.4 Å². The molecule has 2 aromatic carbocycles. The van der Waals surface area contributed by atoms with Gasteiger partial charge in [-0.2, -0.15) is 0 Å². The molecule has 0 radical (unpaired) electrons. The monoisotopic (exact) mass is 268 g/mol. The molecule has 0 unspecified atom stereocenters. The molecule has 2 heteroatoms. The van der Waals surface area contributed by atoms with E-state index in [9.17, 15) is 0 Å². The number of unbranched alkanes of at least 4 members (excludes halogenated alkanes) is 3. The minimum Gasteiger partial charge on any atom is -0.398 e. The Hall–Kier alpha value is -1.96. The third-order valence-corrected chi connectivity index (χ3v) is 3.72. The molecule has 106 valence electrons. The Morgan fingerprint density at radius 3 is 2.20 bits per heavy atom. The Morgan fingerprint density at radius 2 is 1.50 bits per heavy atom. The Labute approximate surface area is 121 Å². The molecular formula is C18H24N2. The summed E-state index contributed by atoms with van der Waals surface area (Å²) >= 11 is 0. The van der Waals surface area contributed by atoms with Crippen molar-refractivity contribution in [3.63, 3.8) is 0 Å². The van der Waals surface area contributed by atoms with Crippen molar-refractivity contribution in [2.45, 2.75) is 39.0 Å². The van der Waals surface area contributed by atoms with Gasteiger partial charge < -0.3 is 11.5 Å². The second kappa shape index (κ2) is 6.99. The molecule has 2 nitrogen and oxygen atoms in total. The van der Waals surface area contributed by atoms with E-state index in [0.717, 1.165) is 28.9 Å². The molecule has 2 rings (SSSR count). The number of hydrogen-bond donors (Lipinski definition) is 2. The highest BCUT2D eigenvalue weighted by atomic mass is 14.6. The first-order valence-corrected chi connectivity index (χ1v) is 7.46. The molecule has 4 N–H and O–H groups in total. The number of nitrogens with two attached hydrogens (primary N) is 2. The first-order valence-electron chi connectivity index (χ1n) is 7.46. The molecule has 0 aliphatic rings. The molecular weight excluding hydrogens is 244 g/mol. The summed E-state index contributed by atoms with van der Waals surface area (Å²) in [5, 5.41) is 0. The van der Waals surface area contributed by atoms with Gasteiger partial charge in [0.15, 0.2) is 0 Å². The predicted molar refractivity (Wildman–Crippen MR) is 88.5 cm³/mol. The van der Waals surface area contributed by atoms with Crippen molar-refractivity contribution < 1.29 is 0 Å². The van der Waals surface area contributed by atoms with Gasteiger partial charge in [0.2, 0.25) is 0 Å². The Bertz CT molecular complexity index is 547. The summed E-state index contributed by atoms with van der Waals surface area (Å²) in [6, 6.07) is 14.1. The van der Waals surface area contributed by atoms with E-state index in [0.29, 0.717) is 0 Å². The first kappa shape index (κ1) is 14.4. The molecule has 0 amide bonds. The van der Waals surface area contributed by atoms with E-state index in [2.05, 4.69) is 19.1 Å². The van der Waals surface area contributed by atoms with Crippen LogP contribution in [0.1, 0.15) is 38.2 Å². The van der Waals surface area contributed by atoms with E-state index < -0.39 is 0 Å². The van der Waals surface area contributed by atoms with Gasteiger partial charge in [0.1, 0.15) is 0 Å². The number of rotatable bonds is 6. The van der Waals surface area contributed by atoms with Crippen molar-refractivity contribution in [1.29, 1.82) is 0 Å². The maximum absolute atomic E-state index is 6.20. The Morgan fingerprint density at radius 1 is 0.800 bits per heavy atom. The van der Waals surface area contributed by atoms with E-state index in [-0.39, 0.29) is 0 Å². The lowest BCUT2D eigenvalue weighted by Crippen LogP contribution is -2.02. The minimum atomic E-state index is 0.816. The lowest BCUT2D eigenvalue weighted by Gasteiger charge is -2.15. The highest BCUT2D eigenvalue weighted by molar-refractivity contribution is 5.83. The van der Waals surface area contributed by atoms with Gasteiger partial charge in [0.25, 0.3) is 0 Å². The van der Waals surface area contributed by atoms with Crippen LogP contribution in [0.5, 0.6) is 0 Å². The first-order chi connectivity index (χ1) is 9.74. The average Bonchev–Trinajstić information content (AvgIpc) is 2.48. The summed E-state index contributed by atoms with van der Waals surface area (Å²) in [5.74, 6) is 0. The molecule has 0 saturated heterocycles. The number of hydrogen-bond acceptors (Lipinski definition) is 2. The molecule has 0 aliphatic carbocycles. The Kier molecular flexibility index (Phi) is 5.05. The van der Waals surface area contributed by atoms with E-state index in [1.807, 2.05) is 30.3 Å². The zero-order valence-corrected chi connectivity index (χ0v) is 12.2. The molecule has 0 saturated carbocycles. The maximum atomic E-state index is 6.20. The number of anilines is 2. The fourth-order valence-corrected chi connectivity index (χ4v) is 2.63. The molecule has 20 heavy (non-hydrogen) atoms. The summed E-state index contributed by atoms with van der Waals surface area (Å²) in [7, 11) is 0. The molecule has 0 spiro atoms. The van der Waals surface area contributed by atoms with Gasteiger partial charge in [0, 0.05) is 16.9 Å². The fourth-order valence-electron chi connectivity index (χ4n) is 2.63. The summed E-state index contributed by atoms with van der Waals surface area (Å²) < 4.78 is 0.